The quantitative estimate of drug-likeness (QED) is 0.840. The minimum Gasteiger partial charge on any atom is -0.496 e. The fraction of sp³-hybridized carbons (Fsp3) is 0.650. The van der Waals surface area contributed by atoms with Gasteiger partial charge in [0.1, 0.15) is 11.4 Å². The first-order chi connectivity index (χ1) is 11.4. The topological polar surface area (TPSA) is 58.6 Å². The van der Waals surface area contributed by atoms with E-state index in [0.29, 0.717) is 31.2 Å². The zero-order valence-corrected chi connectivity index (χ0v) is 15.3. The van der Waals surface area contributed by atoms with E-state index in [4.69, 9.17) is 4.74 Å². The van der Waals surface area contributed by atoms with E-state index >= 15 is 0 Å². The summed E-state index contributed by atoms with van der Waals surface area (Å²) in [5, 5.41) is 14.1. The highest BCUT2D eigenvalue weighted by atomic mass is 16.5. The Bertz CT molecular complexity index is 558. The van der Waals surface area contributed by atoms with Gasteiger partial charge >= 0.3 is 0 Å². The largest absolute Gasteiger partial charge is 0.496 e. The first kappa shape index (κ1) is 18.8. The second-order valence-electron chi connectivity index (χ2n) is 7.48. The van der Waals surface area contributed by atoms with Crippen LogP contribution in [0.15, 0.2) is 24.3 Å². The van der Waals surface area contributed by atoms with Crippen molar-refractivity contribution in [3.63, 3.8) is 0 Å². The summed E-state index contributed by atoms with van der Waals surface area (Å²) < 4.78 is 5.34. The summed E-state index contributed by atoms with van der Waals surface area (Å²) in [7, 11) is 1.65. The summed E-state index contributed by atoms with van der Waals surface area (Å²) in [4.78, 5) is 12.7. The minimum absolute atomic E-state index is 0.0277. The number of carbonyl (C=O) groups is 1. The number of hydrogen-bond acceptors (Lipinski definition) is 3. The number of benzene rings is 1. The molecule has 134 valence electrons. The fourth-order valence-corrected chi connectivity index (χ4v) is 4.01. The SMILES string of the molecule is COc1ccccc1CCNC(=O)[C@@]1(O)CC(C)CCC1C(C)C. The number of hydrogen-bond donors (Lipinski definition) is 2. The van der Waals surface area contributed by atoms with E-state index in [9.17, 15) is 9.90 Å². The second-order valence-corrected chi connectivity index (χ2v) is 7.48. The van der Waals surface area contributed by atoms with Crippen LogP contribution < -0.4 is 10.1 Å². The van der Waals surface area contributed by atoms with Crippen LogP contribution in [0.3, 0.4) is 0 Å². The van der Waals surface area contributed by atoms with Crippen LogP contribution in [0.5, 0.6) is 5.75 Å². The van der Waals surface area contributed by atoms with Crippen molar-refractivity contribution in [2.75, 3.05) is 13.7 Å². The average Bonchev–Trinajstić information content (AvgIpc) is 2.54. The molecule has 4 heteroatoms. The van der Waals surface area contributed by atoms with Crippen LogP contribution >= 0.6 is 0 Å². The molecule has 2 N–H and O–H groups in total. The molecule has 2 rings (SSSR count). The normalized spacial score (nSPS) is 27.1. The van der Waals surface area contributed by atoms with Crippen LogP contribution in [0.1, 0.15) is 45.6 Å². The van der Waals surface area contributed by atoms with Gasteiger partial charge in [-0.3, -0.25) is 4.79 Å². The summed E-state index contributed by atoms with van der Waals surface area (Å²) in [6.07, 6.45) is 3.24. The lowest BCUT2D eigenvalue weighted by Gasteiger charge is -2.43. The Morgan fingerprint density at radius 3 is 2.75 bits per heavy atom. The number of amides is 1. The van der Waals surface area contributed by atoms with Gasteiger partial charge in [0.25, 0.3) is 5.91 Å². The van der Waals surface area contributed by atoms with Crippen LogP contribution in [0.2, 0.25) is 0 Å². The van der Waals surface area contributed by atoms with Gasteiger partial charge in [-0.2, -0.15) is 0 Å². The Morgan fingerprint density at radius 1 is 1.38 bits per heavy atom. The predicted molar refractivity (Wildman–Crippen MR) is 96.0 cm³/mol. The van der Waals surface area contributed by atoms with Crippen molar-refractivity contribution in [2.45, 2.75) is 52.1 Å². The van der Waals surface area contributed by atoms with Gasteiger partial charge < -0.3 is 15.2 Å². The maximum Gasteiger partial charge on any atom is 0.252 e. The van der Waals surface area contributed by atoms with Gasteiger partial charge in [0.05, 0.1) is 7.11 Å². The summed E-state index contributed by atoms with van der Waals surface area (Å²) in [6, 6.07) is 7.81. The van der Waals surface area contributed by atoms with Gasteiger partial charge in [0, 0.05) is 6.54 Å². The number of carbonyl (C=O) groups excluding carboxylic acids is 1. The highest BCUT2D eigenvalue weighted by molar-refractivity contribution is 5.85. The molecular formula is C20H31NO3. The molecule has 0 aliphatic heterocycles. The van der Waals surface area contributed by atoms with Crippen molar-refractivity contribution in [1.82, 2.24) is 5.32 Å². The number of nitrogens with one attached hydrogen (secondary N) is 1. The maximum atomic E-state index is 12.7. The molecule has 0 radical (unpaired) electrons. The Balaban J connectivity index is 1.99. The van der Waals surface area contributed by atoms with E-state index in [1.54, 1.807) is 7.11 Å². The lowest BCUT2D eigenvalue weighted by atomic mass is 9.66. The van der Waals surface area contributed by atoms with Gasteiger partial charge in [-0.1, -0.05) is 45.4 Å². The first-order valence-electron chi connectivity index (χ1n) is 9.01. The molecular weight excluding hydrogens is 302 g/mol. The molecule has 1 aromatic carbocycles. The summed E-state index contributed by atoms with van der Waals surface area (Å²) >= 11 is 0. The smallest absolute Gasteiger partial charge is 0.252 e. The van der Waals surface area contributed by atoms with Crippen LogP contribution in [-0.2, 0) is 11.2 Å². The number of aliphatic hydroxyl groups is 1. The minimum atomic E-state index is -1.24. The highest BCUT2D eigenvalue weighted by Crippen LogP contribution is 2.41. The van der Waals surface area contributed by atoms with E-state index < -0.39 is 5.60 Å². The Kier molecular flexibility index (Phi) is 6.27. The standard InChI is InChI=1S/C20H31NO3/c1-14(2)17-10-9-15(3)13-20(17,23)19(22)21-12-11-16-7-5-6-8-18(16)24-4/h5-8,14-15,17,23H,9-13H2,1-4H3,(H,21,22)/t15?,17?,20-/m1/s1. The molecule has 24 heavy (non-hydrogen) atoms. The second kappa shape index (κ2) is 8.02. The van der Waals surface area contributed by atoms with Gasteiger partial charge in [0.2, 0.25) is 0 Å². The zero-order valence-electron chi connectivity index (χ0n) is 15.3. The van der Waals surface area contributed by atoms with E-state index in [0.717, 1.165) is 24.2 Å². The van der Waals surface area contributed by atoms with E-state index in [-0.39, 0.29) is 11.8 Å². The molecule has 0 bridgehead atoms. The third-order valence-electron chi connectivity index (χ3n) is 5.31. The molecule has 1 fully saturated rings. The van der Waals surface area contributed by atoms with Crippen molar-refractivity contribution in [2.24, 2.45) is 17.8 Å². The monoisotopic (exact) mass is 333 g/mol. The van der Waals surface area contributed by atoms with Crippen molar-refractivity contribution in [1.29, 1.82) is 0 Å². The molecule has 0 aromatic heterocycles. The Hall–Kier alpha value is -1.55. The highest BCUT2D eigenvalue weighted by Gasteiger charge is 2.48. The van der Waals surface area contributed by atoms with E-state index in [2.05, 4.69) is 26.1 Å². The van der Waals surface area contributed by atoms with Crippen LogP contribution in [-0.4, -0.2) is 30.3 Å². The molecule has 1 saturated carbocycles. The Morgan fingerprint density at radius 2 is 2.08 bits per heavy atom. The van der Waals surface area contributed by atoms with Crippen molar-refractivity contribution in [3.05, 3.63) is 29.8 Å². The molecule has 2 unspecified atom stereocenters. The summed E-state index contributed by atoms with van der Waals surface area (Å²) in [5.74, 6) is 1.31. The molecule has 1 amide bonds. The number of ether oxygens (including phenoxy) is 1. The maximum absolute atomic E-state index is 12.7. The third-order valence-corrected chi connectivity index (χ3v) is 5.31. The molecule has 3 atom stereocenters. The summed E-state index contributed by atoms with van der Waals surface area (Å²) in [5.41, 5.74) is -0.184. The van der Waals surface area contributed by atoms with E-state index in [1.165, 1.54) is 0 Å². The van der Waals surface area contributed by atoms with Crippen molar-refractivity contribution in [3.8, 4) is 5.75 Å². The van der Waals surface area contributed by atoms with Gasteiger partial charge in [-0.05, 0) is 48.6 Å². The van der Waals surface area contributed by atoms with Gasteiger partial charge in [-0.15, -0.1) is 0 Å². The van der Waals surface area contributed by atoms with Crippen LogP contribution in [0.25, 0.3) is 0 Å². The van der Waals surface area contributed by atoms with Gasteiger partial charge in [0.15, 0.2) is 0 Å². The molecule has 0 spiro atoms. The predicted octanol–water partition coefficient (Wildman–Crippen LogP) is 3.18. The molecule has 0 heterocycles. The molecule has 1 aliphatic carbocycles. The molecule has 1 aliphatic rings. The molecule has 1 aromatic rings. The lowest BCUT2D eigenvalue weighted by Crippen LogP contribution is -2.56. The average molecular weight is 333 g/mol. The number of para-hydroxylation sites is 1. The molecule has 4 nitrogen and oxygen atoms in total. The number of methoxy groups -OCH3 is 1. The lowest BCUT2D eigenvalue weighted by molar-refractivity contribution is -0.155. The third kappa shape index (κ3) is 4.10. The molecule has 0 saturated heterocycles. The van der Waals surface area contributed by atoms with E-state index in [1.807, 2.05) is 24.3 Å². The fourth-order valence-electron chi connectivity index (χ4n) is 4.01. The van der Waals surface area contributed by atoms with Crippen LogP contribution in [0, 0.1) is 17.8 Å². The first-order valence-corrected chi connectivity index (χ1v) is 9.01. The Labute approximate surface area is 145 Å². The summed E-state index contributed by atoms with van der Waals surface area (Å²) in [6.45, 7) is 6.80. The van der Waals surface area contributed by atoms with Crippen molar-refractivity contribution < 1.29 is 14.6 Å². The zero-order chi connectivity index (χ0) is 17.7. The number of rotatable bonds is 6. The van der Waals surface area contributed by atoms with Crippen LogP contribution in [0.4, 0.5) is 0 Å². The van der Waals surface area contributed by atoms with Gasteiger partial charge in [-0.25, -0.2) is 0 Å². The van der Waals surface area contributed by atoms with Crippen molar-refractivity contribution >= 4 is 5.91 Å².